The van der Waals surface area contributed by atoms with Crippen LogP contribution in [0.25, 0.3) is 0 Å². The molecule has 4 rings (SSSR count). The number of phenolic OH excluding ortho intramolecular Hbond substituents is 2. The molecule has 2 aliphatic rings. The van der Waals surface area contributed by atoms with Gasteiger partial charge in [0.2, 0.25) is 6.29 Å². The lowest BCUT2D eigenvalue weighted by Gasteiger charge is -2.39. The van der Waals surface area contributed by atoms with E-state index in [-0.39, 0.29) is 33.9 Å². The van der Waals surface area contributed by atoms with Crippen molar-refractivity contribution in [2.24, 2.45) is 0 Å². The number of aliphatic hydroxyl groups excluding tert-OH is 5. The lowest BCUT2D eigenvalue weighted by Crippen LogP contribution is -2.60. The first-order chi connectivity index (χ1) is 15.2. The number of phenols is 2. The summed E-state index contributed by atoms with van der Waals surface area (Å²) in [5.41, 5.74) is 0.237. The highest BCUT2D eigenvalue weighted by Crippen LogP contribution is 2.43. The Kier molecular flexibility index (Phi) is 5.95. The van der Waals surface area contributed by atoms with Crippen molar-refractivity contribution >= 4 is 5.97 Å². The molecule has 172 valence electrons. The molecule has 1 saturated heterocycles. The number of rotatable bonds is 4. The first kappa shape index (κ1) is 22.3. The van der Waals surface area contributed by atoms with E-state index in [1.54, 1.807) is 0 Å². The van der Waals surface area contributed by atoms with Crippen LogP contribution in [-0.4, -0.2) is 79.0 Å². The van der Waals surface area contributed by atoms with Crippen LogP contribution in [0.4, 0.5) is 0 Å². The van der Waals surface area contributed by atoms with E-state index in [9.17, 15) is 40.5 Å². The van der Waals surface area contributed by atoms with E-state index in [2.05, 4.69) is 0 Å². The first-order valence-corrected chi connectivity index (χ1v) is 9.74. The van der Waals surface area contributed by atoms with Gasteiger partial charge in [-0.15, -0.1) is 0 Å². The van der Waals surface area contributed by atoms with Gasteiger partial charge >= 0.3 is 5.97 Å². The quantitative estimate of drug-likeness (QED) is 0.290. The van der Waals surface area contributed by atoms with Crippen molar-refractivity contribution in [2.45, 2.75) is 42.9 Å². The monoisotopic (exact) mass is 450 g/mol. The van der Waals surface area contributed by atoms with Crippen molar-refractivity contribution < 1.29 is 54.8 Å². The van der Waals surface area contributed by atoms with Gasteiger partial charge in [-0.1, -0.05) is 18.2 Å². The molecule has 32 heavy (non-hydrogen) atoms. The molecule has 7 atom stereocenters. The zero-order valence-electron chi connectivity index (χ0n) is 16.5. The van der Waals surface area contributed by atoms with Gasteiger partial charge in [-0.3, -0.25) is 0 Å². The molecule has 11 heteroatoms. The molecule has 11 nitrogen and oxygen atoms in total. The zero-order valence-corrected chi connectivity index (χ0v) is 16.5. The fraction of sp³-hybridized carbons (Fsp3) is 0.381. The largest absolute Gasteiger partial charge is 0.507 e. The summed E-state index contributed by atoms with van der Waals surface area (Å²) in [7, 11) is 0. The summed E-state index contributed by atoms with van der Waals surface area (Å²) in [6.07, 6.45) is -10.3. The molecule has 0 bridgehead atoms. The van der Waals surface area contributed by atoms with Gasteiger partial charge in [0.15, 0.2) is 17.6 Å². The van der Waals surface area contributed by atoms with E-state index in [4.69, 9.17) is 14.2 Å². The van der Waals surface area contributed by atoms with E-state index >= 15 is 0 Å². The Hall–Kier alpha value is -2.93. The van der Waals surface area contributed by atoms with Crippen molar-refractivity contribution in [3.63, 3.8) is 0 Å². The predicted octanol–water partition coefficient (Wildman–Crippen LogP) is -0.778. The number of carbonyl (C=O) groups is 1. The maximum Gasteiger partial charge on any atom is 0.343 e. The standard InChI is InChI=1S/C21H22O11/c22-7-13-16(26)17(27)18(28)21(31-13)30-12-6-8(4-5-10(12)23)19-15(25)9-2-1-3-11(24)14(9)20(29)32-19/h1-6,13,15-19,21-28H,7H2/t13-,15+,16-,17+,18-,19+,21-/m1/s1. The summed E-state index contributed by atoms with van der Waals surface area (Å²) < 4.78 is 16.0. The molecule has 0 spiro atoms. The van der Waals surface area contributed by atoms with Crippen LogP contribution in [0, 0.1) is 0 Å². The molecule has 0 amide bonds. The van der Waals surface area contributed by atoms with E-state index in [1.807, 2.05) is 0 Å². The minimum Gasteiger partial charge on any atom is -0.507 e. The third-order valence-corrected chi connectivity index (χ3v) is 5.52. The van der Waals surface area contributed by atoms with Crippen LogP contribution in [0.5, 0.6) is 17.2 Å². The summed E-state index contributed by atoms with van der Waals surface area (Å²) >= 11 is 0. The van der Waals surface area contributed by atoms with Crippen LogP contribution in [0.1, 0.15) is 33.7 Å². The summed E-state index contributed by atoms with van der Waals surface area (Å²) in [5, 5.41) is 70.0. The molecular weight excluding hydrogens is 428 g/mol. The number of fused-ring (bicyclic) bond motifs is 1. The minimum atomic E-state index is -1.70. The second-order valence-corrected chi connectivity index (χ2v) is 7.55. The molecule has 2 aromatic rings. The Morgan fingerprint density at radius 3 is 2.41 bits per heavy atom. The molecule has 2 aliphatic heterocycles. The number of aromatic hydroxyl groups is 2. The van der Waals surface area contributed by atoms with Crippen molar-refractivity contribution in [1.82, 2.24) is 0 Å². The SMILES string of the molecule is O=C1O[C@@H](c2ccc(O)c(O[C@@H]3O[C@H](CO)[C@@H](O)[C@H](O)[C@H]3O)c2)[C@@H](O)c2cccc(O)c21. The van der Waals surface area contributed by atoms with Gasteiger partial charge in [-0.05, 0) is 23.8 Å². The smallest absolute Gasteiger partial charge is 0.343 e. The van der Waals surface area contributed by atoms with Crippen molar-refractivity contribution in [3.8, 4) is 17.2 Å². The van der Waals surface area contributed by atoms with Crippen LogP contribution in [0.2, 0.25) is 0 Å². The van der Waals surface area contributed by atoms with Crippen molar-refractivity contribution in [1.29, 1.82) is 0 Å². The van der Waals surface area contributed by atoms with Crippen molar-refractivity contribution in [2.75, 3.05) is 6.61 Å². The Morgan fingerprint density at radius 2 is 1.69 bits per heavy atom. The first-order valence-electron chi connectivity index (χ1n) is 9.74. The highest BCUT2D eigenvalue weighted by atomic mass is 16.7. The van der Waals surface area contributed by atoms with Gasteiger partial charge in [0.1, 0.15) is 41.8 Å². The molecular formula is C21H22O11. The molecule has 0 saturated carbocycles. The lowest BCUT2D eigenvalue weighted by atomic mass is 9.91. The number of cyclic esters (lactones) is 1. The van der Waals surface area contributed by atoms with Gasteiger partial charge in [0, 0.05) is 5.56 Å². The summed E-state index contributed by atoms with van der Waals surface area (Å²) in [5.74, 6) is -1.81. The highest BCUT2D eigenvalue weighted by molar-refractivity contribution is 5.95. The fourth-order valence-electron chi connectivity index (χ4n) is 3.77. The second kappa shape index (κ2) is 8.54. The third-order valence-electron chi connectivity index (χ3n) is 5.52. The minimum absolute atomic E-state index is 0.146. The van der Waals surface area contributed by atoms with Gasteiger partial charge < -0.3 is 50.0 Å². The molecule has 0 aliphatic carbocycles. The molecule has 2 heterocycles. The number of benzene rings is 2. The molecule has 0 radical (unpaired) electrons. The number of hydrogen-bond donors (Lipinski definition) is 7. The highest BCUT2D eigenvalue weighted by Gasteiger charge is 2.45. The van der Waals surface area contributed by atoms with E-state index in [0.29, 0.717) is 0 Å². The Balaban J connectivity index is 1.62. The second-order valence-electron chi connectivity index (χ2n) is 7.55. The maximum atomic E-state index is 12.4. The predicted molar refractivity (Wildman–Crippen MR) is 104 cm³/mol. The normalized spacial score (nSPS) is 32.2. The number of hydrogen-bond acceptors (Lipinski definition) is 11. The number of carbonyl (C=O) groups excluding carboxylic acids is 1. The van der Waals surface area contributed by atoms with Crippen LogP contribution >= 0.6 is 0 Å². The van der Waals surface area contributed by atoms with E-state index in [0.717, 1.165) is 0 Å². The van der Waals surface area contributed by atoms with Gasteiger partial charge in [0.25, 0.3) is 0 Å². The van der Waals surface area contributed by atoms with Crippen LogP contribution < -0.4 is 4.74 Å². The lowest BCUT2D eigenvalue weighted by molar-refractivity contribution is -0.277. The molecule has 1 fully saturated rings. The Bertz CT molecular complexity index is 1010. The summed E-state index contributed by atoms with van der Waals surface area (Å²) in [6, 6.07) is 8.06. The zero-order chi connectivity index (χ0) is 23.2. The van der Waals surface area contributed by atoms with Crippen LogP contribution in [-0.2, 0) is 9.47 Å². The molecule has 7 N–H and O–H groups in total. The van der Waals surface area contributed by atoms with E-state index < -0.39 is 55.5 Å². The summed E-state index contributed by atoms with van der Waals surface area (Å²) in [4.78, 5) is 12.4. The van der Waals surface area contributed by atoms with Gasteiger partial charge in [-0.25, -0.2) is 4.79 Å². The van der Waals surface area contributed by atoms with Crippen LogP contribution in [0.3, 0.4) is 0 Å². The van der Waals surface area contributed by atoms with E-state index in [1.165, 1.54) is 36.4 Å². The number of ether oxygens (including phenoxy) is 3. The van der Waals surface area contributed by atoms with Gasteiger partial charge in [-0.2, -0.15) is 0 Å². The van der Waals surface area contributed by atoms with Crippen molar-refractivity contribution in [3.05, 3.63) is 53.1 Å². The fourth-order valence-corrected chi connectivity index (χ4v) is 3.77. The maximum absolute atomic E-state index is 12.4. The average molecular weight is 450 g/mol. The summed E-state index contributed by atoms with van der Waals surface area (Å²) in [6.45, 7) is -0.659. The van der Waals surface area contributed by atoms with Gasteiger partial charge in [0.05, 0.1) is 6.61 Å². The number of aliphatic hydroxyl groups is 5. The Morgan fingerprint density at radius 1 is 0.938 bits per heavy atom. The Labute approximate surface area is 181 Å². The number of esters is 1. The third kappa shape index (κ3) is 3.75. The molecule has 2 aromatic carbocycles. The average Bonchev–Trinajstić information content (AvgIpc) is 2.78. The molecule has 0 unspecified atom stereocenters. The molecule has 0 aromatic heterocycles. The van der Waals surface area contributed by atoms with Crippen LogP contribution in [0.15, 0.2) is 36.4 Å². The topological polar surface area (TPSA) is 186 Å².